The Morgan fingerprint density at radius 1 is 1.40 bits per heavy atom. The molecule has 4 heteroatoms. The number of carbonyl (C=O) groups is 1. The average molecular weight is 234 g/mol. The monoisotopic (exact) mass is 233 g/mol. The Labute approximate surface area is 96.7 Å². The molecule has 1 aliphatic rings. The second-order valence-corrected chi connectivity index (χ2v) is 5.77. The number of carbonyl (C=O) groups excluding carboxylic acids is 1. The van der Waals surface area contributed by atoms with E-state index < -0.39 is 5.60 Å². The van der Waals surface area contributed by atoms with Gasteiger partial charge in [-0.05, 0) is 40.5 Å². The minimum Gasteiger partial charge on any atom is -0.444 e. The van der Waals surface area contributed by atoms with E-state index in [1.165, 1.54) is 0 Å². The van der Waals surface area contributed by atoms with E-state index in [9.17, 15) is 4.79 Å². The van der Waals surface area contributed by atoms with Crippen LogP contribution in [-0.4, -0.2) is 34.6 Å². The van der Waals surface area contributed by atoms with Crippen LogP contribution >= 0.6 is 11.6 Å². The van der Waals surface area contributed by atoms with Crippen LogP contribution in [0.1, 0.15) is 40.5 Å². The van der Waals surface area contributed by atoms with Crippen LogP contribution in [0.25, 0.3) is 0 Å². The van der Waals surface area contributed by atoms with Crippen LogP contribution in [-0.2, 0) is 4.74 Å². The van der Waals surface area contributed by atoms with Gasteiger partial charge in [0, 0.05) is 12.6 Å². The van der Waals surface area contributed by atoms with Crippen molar-refractivity contribution in [3.05, 3.63) is 0 Å². The van der Waals surface area contributed by atoms with Crippen LogP contribution in [0.2, 0.25) is 0 Å². The van der Waals surface area contributed by atoms with Gasteiger partial charge in [-0.3, -0.25) is 0 Å². The summed E-state index contributed by atoms with van der Waals surface area (Å²) in [4.78, 5) is 13.5. The van der Waals surface area contributed by atoms with E-state index >= 15 is 0 Å². The molecule has 1 aliphatic heterocycles. The maximum atomic E-state index is 11.8. The lowest BCUT2D eigenvalue weighted by atomic mass is 10.0. The Morgan fingerprint density at radius 2 is 2.00 bits per heavy atom. The summed E-state index contributed by atoms with van der Waals surface area (Å²) in [5, 5.41) is 0.0636. The van der Waals surface area contributed by atoms with Gasteiger partial charge in [0.15, 0.2) is 0 Å². The number of rotatable bonds is 0. The summed E-state index contributed by atoms with van der Waals surface area (Å²) in [6, 6.07) is 0.231. The number of ether oxygens (including phenoxy) is 1. The molecule has 0 aromatic rings. The molecule has 0 saturated carbocycles. The van der Waals surface area contributed by atoms with Gasteiger partial charge in [0.2, 0.25) is 0 Å². The molecule has 1 heterocycles. The molecule has 0 aliphatic carbocycles. The van der Waals surface area contributed by atoms with Gasteiger partial charge in [-0.2, -0.15) is 0 Å². The first-order valence-corrected chi connectivity index (χ1v) is 5.87. The van der Waals surface area contributed by atoms with Gasteiger partial charge in [-0.15, -0.1) is 11.6 Å². The zero-order valence-electron chi connectivity index (χ0n) is 9.92. The van der Waals surface area contributed by atoms with E-state index in [0.29, 0.717) is 6.54 Å². The molecule has 1 amide bonds. The second kappa shape index (κ2) is 4.60. The zero-order chi connectivity index (χ0) is 11.6. The Hall–Kier alpha value is -0.440. The number of piperidine rings is 1. The van der Waals surface area contributed by atoms with Crippen LogP contribution in [0.3, 0.4) is 0 Å². The standard InChI is InChI=1S/C11H20ClNO2/c1-8-5-6-9(12)7-13(8)10(14)15-11(2,3)4/h8-9H,5-7H2,1-4H3. The van der Waals surface area contributed by atoms with Crippen molar-refractivity contribution in [2.24, 2.45) is 0 Å². The number of amides is 1. The van der Waals surface area contributed by atoms with Crippen LogP contribution in [0, 0.1) is 0 Å². The van der Waals surface area contributed by atoms with E-state index in [1.807, 2.05) is 27.7 Å². The van der Waals surface area contributed by atoms with Crippen molar-refractivity contribution in [3.63, 3.8) is 0 Å². The first-order valence-electron chi connectivity index (χ1n) is 5.43. The van der Waals surface area contributed by atoms with Gasteiger partial charge in [-0.1, -0.05) is 0 Å². The first kappa shape index (κ1) is 12.6. The van der Waals surface area contributed by atoms with E-state index in [2.05, 4.69) is 0 Å². The van der Waals surface area contributed by atoms with Crippen molar-refractivity contribution >= 4 is 17.7 Å². The minimum absolute atomic E-state index is 0.0636. The quantitative estimate of drug-likeness (QED) is 0.602. The molecule has 1 saturated heterocycles. The topological polar surface area (TPSA) is 29.5 Å². The van der Waals surface area contributed by atoms with Crippen LogP contribution in [0.4, 0.5) is 4.79 Å². The molecule has 88 valence electrons. The number of likely N-dealkylation sites (tertiary alicyclic amines) is 1. The van der Waals surface area contributed by atoms with Crippen molar-refractivity contribution in [3.8, 4) is 0 Å². The van der Waals surface area contributed by atoms with Crippen molar-refractivity contribution in [1.82, 2.24) is 4.90 Å². The number of hydrogen-bond acceptors (Lipinski definition) is 2. The number of nitrogens with zero attached hydrogens (tertiary/aromatic N) is 1. The van der Waals surface area contributed by atoms with Gasteiger partial charge in [-0.25, -0.2) is 4.79 Å². The summed E-state index contributed by atoms with van der Waals surface area (Å²) in [6.45, 7) is 8.25. The SMILES string of the molecule is CC1CCC(Cl)CN1C(=O)OC(C)(C)C. The number of halogens is 1. The van der Waals surface area contributed by atoms with Crippen LogP contribution < -0.4 is 0 Å². The summed E-state index contributed by atoms with van der Waals surface area (Å²) >= 11 is 6.04. The van der Waals surface area contributed by atoms with Gasteiger partial charge in [0.05, 0.1) is 5.38 Å². The first-order chi connectivity index (χ1) is 6.79. The lowest BCUT2D eigenvalue weighted by Crippen LogP contribution is -2.48. The molecule has 0 aromatic carbocycles. The van der Waals surface area contributed by atoms with Crippen molar-refractivity contribution in [2.75, 3.05) is 6.54 Å². The van der Waals surface area contributed by atoms with Crippen LogP contribution in [0.15, 0.2) is 0 Å². The Bertz CT molecular complexity index is 237. The normalized spacial score (nSPS) is 27.7. The molecule has 3 nitrogen and oxygen atoms in total. The molecule has 1 rings (SSSR count). The molecule has 2 atom stereocenters. The fourth-order valence-corrected chi connectivity index (χ4v) is 1.91. The summed E-state index contributed by atoms with van der Waals surface area (Å²) in [6.07, 6.45) is 1.68. The highest BCUT2D eigenvalue weighted by Crippen LogP contribution is 2.22. The van der Waals surface area contributed by atoms with Crippen molar-refractivity contribution in [2.45, 2.75) is 57.6 Å². The smallest absolute Gasteiger partial charge is 0.410 e. The third-order valence-electron chi connectivity index (χ3n) is 2.45. The summed E-state index contributed by atoms with van der Waals surface area (Å²) in [5.41, 5.74) is -0.434. The van der Waals surface area contributed by atoms with Crippen LogP contribution in [0.5, 0.6) is 0 Å². The van der Waals surface area contributed by atoms with Crippen molar-refractivity contribution in [1.29, 1.82) is 0 Å². The summed E-state index contributed by atoms with van der Waals surface area (Å²) in [5.74, 6) is 0. The maximum Gasteiger partial charge on any atom is 0.410 e. The summed E-state index contributed by atoms with van der Waals surface area (Å²) in [7, 11) is 0. The molecule has 0 bridgehead atoms. The van der Waals surface area contributed by atoms with Crippen molar-refractivity contribution < 1.29 is 9.53 Å². The fourth-order valence-electron chi connectivity index (χ4n) is 1.64. The van der Waals surface area contributed by atoms with Gasteiger partial charge in [0.25, 0.3) is 0 Å². The predicted molar refractivity (Wildman–Crippen MR) is 61.3 cm³/mol. The average Bonchev–Trinajstić information content (AvgIpc) is 2.06. The van der Waals surface area contributed by atoms with Gasteiger partial charge >= 0.3 is 6.09 Å². The molecule has 0 aromatic heterocycles. The summed E-state index contributed by atoms with van der Waals surface area (Å²) < 4.78 is 5.32. The third-order valence-corrected chi connectivity index (χ3v) is 2.81. The predicted octanol–water partition coefficient (Wildman–Crippen LogP) is 3.01. The fraction of sp³-hybridized carbons (Fsp3) is 0.909. The van der Waals surface area contributed by atoms with Gasteiger partial charge < -0.3 is 9.64 Å². The second-order valence-electron chi connectivity index (χ2n) is 5.16. The third kappa shape index (κ3) is 3.90. The van der Waals surface area contributed by atoms with E-state index in [1.54, 1.807) is 4.90 Å². The molecular formula is C11H20ClNO2. The lowest BCUT2D eigenvalue weighted by molar-refractivity contribution is 0.0125. The molecule has 0 radical (unpaired) electrons. The molecular weight excluding hydrogens is 214 g/mol. The number of hydrogen-bond donors (Lipinski definition) is 0. The van der Waals surface area contributed by atoms with E-state index in [4.69, 9.17) is 16.3 Å². The molecule has 1 fully saturated rings. The maximum absolute atomic E-state index is 11.8. The number of alkyl halides is 1. The molecule has 15 heavy (non-hydrogen) atoms. The highest BCUT2D eigenvalue weighted by Gasteiger charge is 2.31. The largest absolute Gasteiger partial charge is 0.444 e. The minimum atomic E-state index is -0.434. The highest BCUT2D eigenvalue weighted by molar-refractivity contribution is 6.20. The molecule has 0 N–H and O–H groups in total. The lowest BCUT2D eigenvalue weighted by Gasteiger charge is -2.36. The zero-order valence-corrected chi connectivity index (χ0v) is 10.7. The highest BCUT2D eigenvalue weighted by atomic mass is 35.5. The Morgan fingerprint density at radius 3 is 2.53 bits per heavy atom. The molecule has 0 spiro atoms. The van der Waals surface area contributed by atoms with Gasteiger partial charge in [0.1, 0.15) is 5.60 Å². The molecule has 2 unspecified atom stereocenters. The van der Waals surface area contributed by atoms with E-state index in [-0.39, 0.29) is 17.5 Å². The van der Waals surface area contributed by atoms with E-state index in [0.717, 1.165) is 12.8 Å². The Balaban J connectivity index is 2.57. The Kier molecular flexibility index (Phi) is 3.87.